The van der Waals surface area contributed by atoms with Gasteiger partial charge in [0.2, 0.25) is 0 Å². The molecule has 4 N–H and O–H groups in total. The van der Waals surface area contributed by atoms with Crippen LogP contribution in [0.2, 0.25) is 0 Å². The first-order valence-electron chi connectivity index (χ1n) is 11.6. The van der Waals surface area contributed by atoms with Crippen molar-refractivity contribution >= 4 is 0 Å². The molecule has 32 heavy (non-hydrogen) atoms. The smallest absolute Gasteiger partial charge is 0.138 e. The summed E-state index contributed by atoms with van der Waals surface area (Å²) >= 11 is 0. The topological polar surface area (TPSA) is 82.1 Å². The minimum absolute atomic E-state index is 0.233. The number of hydrogen-bond acceptors (Lipinski definition) is 6. The fraction of sp³-hybridized carbons (Fsp3) is 0.385. The third kappa shape index (κ3) is 6.60. The van der Waals surface area contributed by atoms with Crippen LogP contribution in [0.25, 0.3) is 0 Å². The van der Waals surface area contributed by atoms with Gasteiger partial charge >= 0.3 is 0 Å². The highest BCUT2D eigenvalue weighted by Gasteiger charge is 2.24. The predicted octanol–water partition coefficient (Wildman–Crippen LogP) is 3.66. The molecular formula is C26H33N5O. The Bertz CT molecular complexity index is 948. The van der Waals surface area contributed by atoms with E-state index in [1.165, 1.54) is 36.8 Å². The highest BCUT2D eigenvalue weighted by atomic mass is 16.3. The van der Waals surface area contributed by atoms with Crippen LogP contribution in [0.5, 0.6) is 5.75 Å². The van der Waals surface area contributed by atoms with Gasteiger partial charge in [0, 0.05) is 50.7 Å². The number of hydrogen-bond donors (Lipinski definition) is 4. The molecule has 6 heteroatoms. The van der Waals surface area contributed by atoms with Gasteiger partial charge < -0.3 is 21.1 Å². The summed E-state index contributed by atoms with van der Waals surface area (Å²) in [7, 11) is 0. The van der Waals surface area contributed by atoms with E-state index in [1.54, 1.807) is 18.3 Å². The molecule has 1 fully saturated rings. The third-order valence-electron chi connectivity index (χ3n) is 6.12. The number of nitrogens with zero attached hydrogens (tertiary/aromatic N) is 2. The number of pyridine rings is 2. The molecule has 0 radical (unpaired) electrons. The molecule has 1 aliphatic carbocycles. The second-order valence-corrected chi connectivity index (χ2v) is 8.47. The van der Waals surface area contributed by atoms with Crippen molar-refractivity contribution in [3.05, 3.63) is 89.5 Å². The Morgan fingerprint density at radius 3 is 2.09 bits per heavy atom. The van der Waals surface area contributed by atoms with Crippen molar-refractivity contribution in [2.24, 2.45) is 0 Å². The maximum atomic E-state index is 9.80. The molecule has 2 aromatic heterocycles. The van der Waals surface area contributed by atoms with Crippen LogP contribution >= 0.6 is 0 Å². The minimum atomic E-state index is 0.233. The molecule has 0 amide bonds. The fourth-order valence-electron chi connectivity index (χ4n) is 4.27. The van der Waals surface area contributed by atoms with E-state index in [-0.39, 0.29) is 5.75 Å². The zero-order valence-electron chi connectivity index (χ0n) is 18.5. The number of nitrogens with one attached hydrogen (secondary N) is 3. The van der Waals surface area contributed by atoms with Gasteiger partial charge in [-0.05, 0) is 48.2 Å². The van der Waals surface area contributed by atoms with Crippen LogP contribution in [0.15, 0.2) is 67.0 Å². The van der Waals surface area contributed by atoms with E-state index in [9.17, 15) is 5.11 Å². The van der Waals surface area contributed by atoms with Gasteiger partial charge in [0.15, 0.2) is 0 Å². The van der Waals surface area contributed by atoms with Gasteiger partial charge in [0.25, 0.3) is 0 Å². The molecule has 6 nitrogen and oxygen atoms in total. The molecule has 3 aromatic rings. The van der Waals surface area contributed by atoms with Crippen molar-refractivity contribution in [3.63, 3.8) is 0 Å². The second kappa shape index (κ2) is 11.7. The Balaban J connectivity index is 1.22. The number of aromatic hydroxyl groups is 1. The lowest BCUT2D eigenvalue weighted by atomic mass is 9.90. The summed E-state index contributed by atoms with van der Waals surface area (Å²) in [6.07, 6.45) is 8.55. The van der Waals surface area contributed by atoms with E-state index in [0.717, 1.165) is 25.3 Å². The van der Waals surface area contributed by atoms with Crippen LogP contribution in [0.4, 0.5) is 0 Å². The molecule has 0 spiro atoms. The van der Waals surface area contributed by atoms with Gasteiger partial charge in [-0.2, -0.15) is 0 Å². The van der Waals surface area contributed by atoms with E-state index >= 15 is 0 Å². The summed E-state index contributed by atoms with van der Waals surface area (Å²) in [6.45, 7) is 2.99. The van der Waals surface area contributed by atoms with Gasteiger partial charge in [-0.1, -0.05) is 43.2 Å². The predicted molar refractivity (Wildman–Crippen MR) is 127 cm³/mol. The Morgan fingerprint density at radius 2 is 1.41 bits per heavy atom. The number of aromatic nitrogens is 2. The maximum absolute atomic E-state index is 9.80. The summed E-state index contributed by atoms with van der Waals surface area (Å²) in [5, 5.41) is 20.6. The first-order chi connectivity index (χ1) is 15.8. The molecule has 2 unspecified atom stereocenters. The van der Waals surface area contributed by atoms with E-state index in [4.69, 9.17) is 0 Å². The van der Waals surface area contributed by atoms with Crippen molar-refractivity contribution in [2.75, 3.05) is 0 Å². The van der Waals surface area contributed by atoms with Crippen molar-refractivity contribution in [2.45, 2.75) is 63.9 Å². The molecule has 0 aliphatic heterocycles. The zero-order chi connectivity index (χ0) is 22.0. The number of rotatable bonds is 10. The zero-order valence-corrected chi connectivity index (χ0v) is 18.5. The maximum Gasteiger partial charge on any atom is 0.138 e. The van der Waals surface area contributed by atoms with Crippen LogP contribution < -0.4 is 16.0 Å². The lowest BCUT2D eigenvalue weighted by Crippen LogP contribution is -2.49. The third-order valence-corrected chi connectivity index (χ3v) is 6.12. The Labute approximate surface area is 190 Å². The van der Waals surface area contributed by atoms with E-state index < -0.39 is 0 Å². The van der Waals surface area contributed by atoms with Crippen molar-refractivity contribution in [3.8, 4) is 5.75 Å². The van der Waals surface area contributed by atoms with Crippen molar-refractivity contribution in [1.29, 1.82) is 0 Å². The highest BCUT2D eigenvalue weighted by Crippen LogP contribution is 2.20. The molecule has 0 bridgehead atoms. The van der Waals surface area contributed by atoms with Crippen LogP contribution in [0.1, 0.15) is 48.2 Å². The molecule has 1 saturated carbocycles. The van der Waals surface area contributed by atoms with Gasteiger partial charge in [0.05, 0.1) is 11.4 Å². The van der Waals surface area contributed by atoms with Gasteiger partial charge in [-0.3, -0.25) is 9.97 Å². The first kappa shape index (κ1) is 22.4. The summed E-state index contributed by atoms with van der Waals surface area (Å²) < 4.78 is 0. The van der Waals surface area contributed by atoms with Crippen LogP contribution in [0.3, 0.4) is 0 Å². The van der Waals surface area contributed by atoms with E-state index in [1.807, 2.05) is 18.3 Å². The summed E-state index contributed by atoms with van der Waals surface area (Å²) in [5.41, 5.74) is 4.29. The molecule has 1 aliphatic rings. The average molecular weight is 432 g/mol. The molecule has 168 valence electrons. The SMILES string of the molecule is Oc1cccnc1CNCc1ccc(CNC2CCCCC2NCc2ccccn2)cc1. The Morgan fingerprint density at radius 1 is 0.719 bits per heavy atom. The van der Waals surface area contributed by atoms with E-state index in [2.05, 4.69) is 56.3 Å². The Kier molecular flexibility index (Phi) is 8.20. The quantitative estimate of drug-likeness (QED) is 0.392. The highest BCUT2D eigenvalue weighted by molar-refractivity contribution is 5.25. The normalized spacial score (nSPS) is 18.5. The average Bonchev–Trinajstić information content (AvgIpc) is 2.84. The van der Waals surface area contributed by atoms with Crippen molar-refractivity contribution in [1.82, 2.24) is 25.9 Å². The molecule has 1 aromatic carbocycles. The van der Waals surface area contributed by atoms with Gasteiger partial charge in [0.1, 0.15) is 5.75 Å². The van der Waals surface area contributed by atoms with Gasteiger partial charge in [-0.15, -0.1) is 0 Å². The van der Waals surface area contributed by atoms with Crippen LogP contribution in [-0.2, 0) is 26.2 Å². The lowest BCUT2D eigenvalue weighted by Gasteiger charge is -2.33. The lowest BCUT2D eigenvalue weighted by molar-refractivity contribution is 0.280. The number of benzene rings is 1. The largest absolute Gasteiger partial charge is 0.506 e. The van der Waals surface area contributed by atoms with Gasteiger partial charge in [-0.25, -0.2) is 0 Å². The standard InChI is InChI=1S/C26H33N5O/c32-26-9-5-15-29-25(26)19-27-16-20-10-12-21(13-11-20)17-30-23-7-1-2-8-24(23)31-18-22-6-3-4-14-28-22/h3-6,9-15,23-24,27,30-32H,1-2,7-8,16-19H2. The van der Waals surface area contributed by atoms with E-state index in [0.29, 0.717) is 24.3 Å². The molecule has 0 saturated heterocycles. The Hall–Kier alpha value is -2.80. The molecule has 2 heterocycles. The van der Waals surface area contributed by atoms with Crippen LogP contribution in [0, 0.1) is 0 Å². The molecular weight excluding hydrogens is 398 g/mol. The minimum Gasteiger partial charge on any atom is -0.506 e. The molecule has 2 atom stereocenters. The monoisotopic (exact) mass is 431 g/mol. The second-order valence-electron chi connectivity index (χ2n) is 8.47. The van der Waals surface area contributed by atoms with Crippen molar-refractivity contribution < 1.29 is 5.11 Å². The summed E-state index contributed by atoms with van der Waals surface area (Å²) in [6, 6.07) is 19.2. The molecule has 4 rings (SSSR count). The first-order valence-corrected chi connectivity index (χ1v) is 11.6. The summed E-state index contributed by atoms with van der Waals surface area (Å²) in [4.78, 5) is 8.63. The summed E-state index contributed by atoms with van der Waals surface area (Å²) in [5.74, 6) is 0.233. The fourth-order valence-corrected chi connectivity index (χ4v) is 4.27. The van der Waals surface area contributed by atoms with Crippen LogP contribution in [-0.4, -0.2) is 27.2 Å².